The highest BCUT2D eigenvalue weighted by atomic mass is 16.5. The van der Waals surface area contributed by atoms with Crippen molar-refractivity contribution >= 4 is 22.7 Å². The molecule has 0 bridgehead atoms. The Morgan fingerprint density at radius 1 is 1.26 bits per heavy atom. The Hall–Kier alpha value is -3.06. The lowest BCUT2D eigenvalue weighted by Gasteiger charge is -2.02. The summed E-state index contributed by atoms with van der Waals surface area (Å²) in [5.41, 5.74) is 4.39. The molecule has 0 fully saturated rings. The van der Waals surface area contributed by atoms with Gasteiger partial charge in [-0.05, 0) is 55.3 Å². The topological polar surface area (TPSA) is 61.7 Å². The van der Waals surface area contributed by atoms with E-state index >= 15 is 0 Å². The van der Waals surface area contributed by atoms with E-state index < -0.39 is 0 Å². The van der Waals surface area contributed by atoms with Gasteiger partial charge < -0.3 is 9.72 Å². The standard InChI is InChI=1S/C19H17N3O/c1-3-23-16-7-5-14(6-8-16)11-15(12-20)19-21-17-9-4-13(2)10-18(17)22-19/h4-11H,3H2,1-2H3,(H,21,22)/b15-11-. The van der Waals surface area contributed by atoms with Crippen LogP contribution in [-0.2, 0) is 0 Å². The van der Waals surface area contributed by atoms with Gasteiger partial charge in [-0.25, -0.2) is 4.98 Å². The van der Waals surface area contributed by atoms with E-state index in [9.17, 15) is 5.26 Å². The zero-order valence-corrected chi connectivity index (χ0v) is 13.1. The van der Waals surface area contributed by atoms with E-state index in [4.69, 9.17) is 4.74 Å². The number of fused-ring (bicyclic) bond motifs is 1. The van der Waals surface area contributed by atoms with Gasteiger partial charge in [0.2, 0.25) is 0 Å². The SMILES string of the molecule is CCOc1ccc(/C=C(/C#N)c2nc3ccc(C)cc3[nH]2)cc1. The lowest BCUT2D eigenvalue weighted by atomic mass is 10.1. The largest absolute Gasteiger partial charge is 0.494 e. The van der Waals surface area contributed by atoms with Gasteiger partial charge in [0.15, 0.2) is 0 Å². The molecule has 0 aliphatic rings. The van der Waals surface area contributed by atoms with Gasteiger partial charge in [-0.2, -0.15) is 5.26 Å². The maximum absolute atomic E-state index is 9.46. The molecule has 0 amide bonds. The third-order valence-electron chi connectivity index (χ3n) is 3.52. The van der Waals surface area contributed by atoms with Gasteiger partial charge in [-0.15, -0.1) is 0 Å². The van der Waals surface area contributed by atoms with E-state index in [1.807, 2.05) is 62.4 Å². The van der Waals surface area contributed by atoms with Crippen LogP contribution in [0.1, 0.15) is 23.9 Å². The number of aryl methyl sites for hydroxylation is 1. The Bertz CT molecular complexity index is 899. The van der Waals surface area contributed by atoms with Crippen LogP contribution >= 0.6 is 0 Å². The van der Waals surface area contributed by atoms with Crippen LogP contribution in [0.25, 0.3) is 22.7 Å². The molecule has 2 aromatic carbocycles. The number of hydrogen-bond acceptors (Lipinski definition) is 3. The number of nitrogens with one attached hydrogen (secondary N) is 1. The number of hydrogen-bond donors (Lipinski definition) is 1. The summed E-state index contributed by atoms with van der Waals surface area (Å²) in [4.78, 5) is 7.71. The maximum atomic E-state index is 9.46. The molecule has 23 heavy (non-hydrogen) atoms. The highest BCUT2D eigenvalue weighted by Gasteiger charge is 2.08. The molecule has 0 unspecified atom stereocenters. The van der Waals surface area contributed by atoms with Crippen LogP contribution in [0.4, 0.5) is 0 Å². The van der Waals surface area contributed by atoms with Crippen molar-refractivity contribution in [2.75, 3.05) is 6.61 Å². The number of aromatic amines is 1. The molecular weight excluding hydrogens is 286 g/mol. The molecule has 0 spiro atoms. The van der Waals surface area contributed by atoms with Crippen molar-refractivity contribution in [3.05, 3.63) is 59.4 Å². The lowest BCUT2D eigenvalue weighted by molar-refractivity contribution is 0.340. The van der Waals surface area contributed by atoms with Crippen LogP contribution in [0.5, 0.6) is 5.75 Å². The Morgan fingerprint density at radius 3 is 2.74 bits per heavy atom. The van der Waals surface area contributed by atoms with E-state index in [1.165, 1.54) is 0 Å². The number of H-pyrrole nitrogens is 1. The molecule has 3 rings (SSSR count). The van der Waals surface area contributed by atoms with Gasteiger partial charge in [-0.1, -0.05) is 18.2 Å². The predicted octanol–water partition coefficient (Wildman–Crippen LogP) is 4.33. The fraction of sp³-hybridized carbons (Fsp3) is 0.158. The molecule has 1 aromatic heterocycles. The Balaban J connectivity index is 1.95. The van der Waals surface area contributed by atoms with E-state index in [0.29, 0.717) is 18.0 Å². The molecule has 3 aromatic rings. The molecular formula is C19H17N3O. The van der Waals surface area contributed by atoms with Crippen molar-refractivity contribution in [1.82, 2.24) is 9.97 Å². The van der Waals surface area contributed by atoms with Gasteiger partial charge in [0.1, 0.15) is 17.6 Å². The van der Waals surface area contributed by atoms with Gasteiger partial charge in [-0.3, -0.25) is 0 Å². The van der Waals surface area contributed by atoms with Crippen molar-refractivity contribution in [3.8, 4) is 11.8 Å². The fourth-order valence-electron chi connectivity index (χ4n) is 2.40. The van der Waals surface area contributed by atoms with Gasteiger partial charge in [0.25, 0.3) is 0 Å². The summed E-state index contributed by atoms with van der Waals surface area (Å²) < 4.78 is 5.42. The molecule has 1 heterocycles. The molecule has 0 radical (unpaired) electrons. The summed E-state index contributed by atoms with van der Waals surface area (Å²) in [7, 11) is 0. The van der Waals surface area contributed by atoms with Crippen LogP contribution in [0.3, 0.4) is 0 Å². The van der Waals surface area contributed by atoms with Gasteiger partial charge >= 0.3 is 0 Å². The first-order valence-electron chi connectivity index (χ1n) is 7.51. The van der Waals surface area contributed by atoms with E-state index in [1.54, 1.807) is 0 Å². The number of imidazole rings is 1. The van der Waals surface area contributed by atoms with E-state index in [2.05, 4.69) is 16.0 Å². The number of allylic oxidation sites excluding steroid dienone is 1. The van der Waals surface area contributed by atoms with Crippen molar-refractivity contribution in [2.24, 2.45) is 0 Å². The molecule has 0 aliphatic carbocycles. The number of ether oxygens (including phenoxy) is 1. The molecule has 4 heteroatoms. The fourth-order valence-corrected chi connectivity index (χ4v) is 2.40. The third-order valence-corrected chi connectivity index (χ3v) is 3.52. The first kappa shape index (κ1) is 14.9. The molecule has 114 valence electrons. The summed E-state index contributed by atoms with van der Waals surface area (Å²) >= 11 is 0. The molecule has 4 nitrogen and oxygen atoms in total. The Kier molecular flexibility index (Phi) is 4.11. The Labute approximate surface area is 135 Å². The molecule has 0 saturated carbocycles. The maximum Gasteiger partial charge on any atom is 0.149 e. The normalized spacial score (nSPS) is 11.4. The second-order valence-electron chi connectivity index (χ2n) is 5.28. The van der Waals surface area contributed by atoms with Gasteiger partial charge in [0, 0.05) is 0 Å². The highest BCUT2D eigenvalue weighted by molar-refractivity contribution is 5.90. The van der Waals surface area contributed by atoms with Crippen molar-refractivity contribution in [2.45, 2.75) is 13.8 Å². The summed E-state index contributed by atoms with van der Waals surface area (Å²) in [6, 6.07) is 15.8. The first-order chi connectivity index (χ1) is 11.2. The van der Waals surface area contributed by atoms with Crippen molar-refractivity contribution in [3.63, 3.8) is 0 Å². The van der Waals surface area contributed by atoms with Crippen LogP contribution in [-0.4, -0.2) is 16.6 Å². The van der Waals surface area contributed by atoms with Crippen molar-refractivity contribution in [1.29, 1.82) is 5.26 Å². The van der Waals surface area contributed by atoms with Crippen LogP contribution < -0.4 is 4.74 Å². The number of nitrogens with zero attached hydrogens (tertiary/aromatic N) is 2. The number of benzene rings is 2. The molecule has 0 saturated heterocycles. The number of nitriles is 1. The molecule has 0 atom stereocenters. The summed E-state index contributed by atoms with van der Waals surface area (Å²) in [6.07, 6.45) is 1.82. The Morgan fingerprint density at radius 2 is 2.04 bits per heavy atom. The minimum absolute atomic E-state index is 0.503. The van der Waals surface area contributed by atoms with E-state index in [-0.39, 0.29) is 0 Å². The second-order valence-corrected chi connectivity index (χ2v) is 5.28. The van der Waals surface area contributed by atoms with Crippen molar-refractivity contribution < 1.29 is 4.74 Å². The zero-order chi connectivity index (χ0) is 16.2. The first-order valence-corrected chi connectivity index (χ1v) is 7.51. The van der Waals surface area contributed by atoms with E-state index in [0.717, 1.165) is 27.9 Å². The zero-order valence-electron chi connectivity index (χ0n) is 13.1. The lowest BCUT2D eigenvalue weighted by Crippen LogP contribution is -1.90. The predicted molar refractivity (Wildman–Crippen MR) is 91.9 cm³/mol. The van der Waals surface area contributed by atoms with Gasteiger partial charge in [0.05, 0.1) is 23.2 Å². The summed E-state index contributed by atoms with van der Waals surface area (Å²) in [5, 5.41) is 9.46. The number of aromatic nitrogens is 2. The minimum atomic E-state index is 0.503. The third kappa shape index (κ3) is 3.24. The van der Waals surface area contributed by atoms with Crippen LogP contribution in [0, 0.1) is 18.3 Å². The second kappa shape index (κ2) is 6.37. The minimum Gasteiger partial charge on any atom is -0.494 e. The average molecular weight is 303 g/mol. The monoisotopic (exact) mass is 303 g/mol. The van der Waals surface area contributed by atoms with Crippen LogP contribution in [0.2, 0.25) is 0 Å². The molecule has 0 aliphatic heterocycles. The molecule has 1 N–H and O–H groups in total. The number of rotatable bonds is 4. The summed E-state index contributed by atoms with van der Waals surface area (Å²) in [6.45, 7) is 4.61. The highest BCUT2D eigenvalue weighted by Crippen LogP contribution is 2.21. The van der Waals surface area contributed by atoms with Crippen LogP contribution in [0.15, 0.2) is 42.5 Å². The smallest absolute Gasteiger partial charge is 0.149 e. The quantitative estimate of drug-likeness (QED) is 0.729. The summed E-state index contributed by atoms with van der Waals surface area (Å²) in [5.74, 6) is 1.41. The average Bonchev–Trinajstić information content (AvgIpc) is 2.97.